The van der Waals surface area contributed by atoms with E-state index in [1.807, 2.05) is 36.2 Å². The minimum atomic E-state index is -0.295. The molecule has 2 fully saturated rings. The van der Waals surface area contributed by atoms with Crippen molar-refractivity contribution in [3.8, 4) is 0 Å². The summed E-state index contributed by atoms with van der Waals surface area (Å²) in [5.74, 6) is 0.0945. The minimum absolute atomic E-state index is 0.00372. The van der Waals surface area contributed by atoms with Crippen molar-refractivity contribution in [1.29, 1.82) is 0 Å². The molecule has 1 unspecified atom stereocenters. The van der Waals surface area contributed by atoms with E-state index in [9.17, 15) is 9.59 Å². The van der Waals surface area contributed by atoms with Crippen molar-refractivity contribution < 1.29 is 9.59 Å². The molecule has 1 saturated heterocycles. The van der Waals surface area contributed by atoms with Gasteiger partial charge >= 0.3 is 6.03 Å². The summed E-state index contributed by atoms with van der Waals surface area (Å²) in [4.78, 5) is 30.3. The number of likely N-dealkylation sites (N-methyl/N-ethyl adjacent to an activating group) is 1. The third-order valence-corrected chi connectivity index (χ3v) is 6.98. The van der Waals surface area contributed by atoms with Crippen LogP contribution in [0.4, 0.5) is 4.79 Å². The number of hydrogen-bond donors (Lipinski definition) is 3. The molecule has 0 bridgehead atoms. The Hall–Kier alpha value is -1.83. The molecule has 1 aliphatic heterocycles. The van der Waals surface area contributed by atoms with E-state index in [2.05, 4.69) is 15.5 Å². The van der Waals surface area contributed by atoms with E-state index in [1.165, 1.54) is 6.42 Å². The summed E-state index contributed by atoms with van der Waals surface area (Å²) >= 11 is 5.99. The predicted molar refractivity (Wildman–Crippen MR) is 129 cm³/mol. The van der Waals surface area contributed by atoms with Gasteiger partial charge in [0.25, 0.3) is 0 Å². The standard InChI is InChI=1S/C24H38ClN5O2/c1-27-22(16-18-8-10-19(25)11-9-18)23(31)29-15-12-21(17-29)30(20-6-3-2-4-7-20)24(32)28-14-5-13-26/h8-11,20-22,27H,2-7,12-17,26H2,1H3,(H,28,32)/t21?,22-/m1/s1. The molecule has 1 aromatic rings. The number of carbonyl (C=O) groups is 2. The first-order chi connectivity index (χ1) is 15.5. The van der Waals surface area contributed by atoms with Crippen LogP contribution in [0.3, 0.4) is 0 Å². The van der Waals surface area contributed by atoms with Crippen molar-refractivity contribution >= 4 is 23.5 Å². The van der Waals surface area contributed by atoms with Gasteiger partial charge in [0.15, 0.2) is 0 Å². The first-order valence-electron chi connectivity index (χ1n) is 12.0. The lowest BCUT2D eigenvalue weighted by molar-refractivity contribution is -0.132. The van der Waals surface area contributed by atoms with Crippen LogP contribution in [0.25, 0.3) is 0 Å². The molecule has 2 aliphatic rings. The lowest BCUT2D eigenvalue weighted by atomic mass is 9.93. The van der Waals surface area contributed by atoms with Crippen LogP contribution in [0.1, 0.15) is 50.5 Å². The van der Waals surface area contributed by atoms with E-state index in [1.54, 1.807) is 0 Å². The van der Waals surface area contributed by atoms with Crippen LogP contribution in [-0.2, 0) is 11.2 Å². The second-order valence-corrected chi connectivity index (χ2v) is 9.41. The molecule has 1 aromatic carbocycles. The van der Waals surface area contributed by atoms with Crippen molar-refractivity contribution in [3.63, 3.8) is 0 Å². The quantitative estimate of drug-likeness (QED) is 0.491. The van der Waals surface area contributed by atoms with Crippen molar-refractivity contribution in [2.75, 3.05) is 33.2 Å². The van der Waals surface area contributed by atoms with Crippen LogP contribution >= 0.6 is 11.6 Å². The molecule has 1 heterocycles. The lowest BCUT2D eigenvalue weighted by Gasteiger charge is -2.38. The maximum atomic E-state index is 13.3. The van der Waals surface area contributed by atoms with E-state index in [4.69, 9.17) is 17.3 Å². The molecule has 3 amide bonds. The molecule has 1 saturated carbocycles. The highest BCUT2D eigenvalue weighted by Gasteiger charge is 2.38. The lowest BCUT2D eigenvalue weighted by Crippen LogP contribution is -2.54. The summed E-state index contributed by atoms with van der Waals surface area (Å²) in [7, 11) is 1.82. The second kappa shape index (κ2) is 12.4. The van der Waals surface area contributed by atoms with E-state index >= 15 is 0 Å². The summed E-state index contributed by atoms with van der Waals surface area (Å²) in [6.45, 7) is 2.44. The average Bonchev–Trinajstić information content (AvgIpc) is 3.29. The number of benzene rings is 1. The molecule has 8 heteroatoms. The molecule has 32 heavy (non-hydrogen) atoms. The largest absolute Gasteiger partial charge is 0.339 e. The Morgan fingerprint density at radius 2 is 1.88 bits per heavy atom. The van der Waals surface area contributed by atoms with Gasteiger partial charge in [0.05, 0.1) is 12.1 Å². The second-order valence-electron chi connectivity index (χ2n) is 8.97. The predicted octanol–water partition coefficient (Wildman–Crippen LogP) is 2.76. The average molecular weight is 464 g/mol. The Balaban J connectivity index is 1.64. The van der Waals surface area contributed by atoms with Gasteiger partial charge in [-0.05, 0) is 63.4 Å². The van der Waals surface area contributed by atoms with Crippen LogP contribution in [0.2, 0.25) is 5.02 Å². The zero-order valence-electron chi connectivity index (χ0n) is 19.2. The number of likely N-dealkylation sites (tertiary alicyclic amines) is 1. The van der Waals surface area contributed by atoms with Crippen LogP contribution in [-0.4, -0.2) is 73.1 Å². The van der Waals surface area contributed by atoms with Gasteiger partial charge in [0.2, 0.25) is 5.91 Å². The fourth-order valence-electron chi connectivity index (χ4n) is 4.94. The first-order valence-corrected chi connectivity index (χ1v) is 12.4. The zero-order chi connectivity index (χ0) is 22.9. The smallest absolute Gasteiger partial charge is 0.317 e. The molecule has 0 aromatic heterocycles. The van der Waals surface area contributed by atoms with Crippen LogP contribution in [0.15, 0.2) is 24.3 Å². The highest BCUT2D eigenvalue weighted by Crippen LogP contribution is 2.28. The third kappa shape index (κ3) is 6.59. The Morgan fingerprint density at radius 1 is 1.16 bits per heavy atom. The van der Waals surface area contributed by atoms with E-state index in [-0.39, 0.29) is 30.1 Å². The van der Waals surface area contributed by atoms with E-state index in [0.29, 0.717) is 37.6 Å². The molecule has 2 atom stereocenters. The normalized spacial score (nSPS) is 20.2. The van der Waals surface area contributed by atoms with Gasteiger partial charge in [-0.3, -0.25) is 4.79 Å². The van der Waals surface area contributed by atoms with Crippen molar-refractivity contribution in [2.45, 2.75) is 69.5 Å². The number of amides is 3. The van der Waals surface area contributed by atoms with Crippen molar-refractivity contribution in [2.24, 2.45) is 5.73 Å². The van der Waals surface area contributed by atoms with Gasteiger partial charge in [0, 0.05) is 30.7 Å². The SMILES string of the molecule is CN[C@H](Cc1ccc(Cl)cc1)C(=O)N1CCC(N(C(=O)NCCCN)C2CCCCC2)C1. The summed E-state index contributed by atoms with van der Waals surface area (Å²) in [6, 6.07) is 7.65. The minimum Gasteiger partial charge on any atom is -0.339 e. The van der Waals surface area contributed by atoms with Gasteiger partial charge < -0.3 is 26.2 Å². The number of halogens is 1. The summed E-state index contributed by atoms with van der Waals surface area (Å²) in [5.41, 5.74) is 6.66. The monoisotopic (exact) mass is 463 g/mol. The van der Waals surface area contributed by atoms with Gasteiger partial charge in [0.1, 0.15) is 0 Å². The third-order valence-electron chi connectivity index (χ3n) is 6.73. The Kier molecular flexibility index (Phi) is 9.63. The fourth-order valence-corrected chi connectivity index (χ4v) is 5.06. The molecule has 7 nitrogen and oxygen atoms in total. The number of urea groups is 1. The molecule has 0 spiro atoms. The highest BCUT2D eigenvalue weighted by molar-refractivity contribution is 6.30. The van der Waals surface area contributed by atoms with Crippen LogP contribution in [0, 0.1) is 0 Å². The van der Waals surface area contributed by atoms with Crippen LogP contribution < -0.4 is 16.4 Å². The number of nitrogens with zero attached hydrogens (tertiary/aromatic N) is 2. The molecule has 3 rings (SSSR count). The Labute approximate surface area is 197 Å². The van der Waals surface area contributed by atoms with Crippen molar-refractivity contribution in [1.82, 2.24) is 20.4 Å². The van der Waals surface area contributed by atoms with E-state index < -0.39 is 0 Å². The molecule has 178 valence electrons. The van der Waals surface area contributed by atoms with Gasteiger partial charge in [-0.25, -0.2) is 4.79 Å². The number of carbonyl (C=O) groups excluding carboxylic acids is 2. The van der Waals surface area contributed by atoms with Gasteiger partial charge in [-0.1, -0.05) is 43.0 Å². The summed E-state index contributed by atoms with van der Waals surface area (Å²) in [6.07, 6.45) is 7.86. The zero-order valence-corrected chi connectivity index (χ0v) is 19.9. The van der Waals surface area contributed by atoms with Gasteiger partial charge in [-0.15, -0.1) is 0 Å². The molecular weight excluding hydrogens is 426 g/mol. The fraction of sp³-hybridized carbons (Fsp3) is 0.667. The number of nitrogens with one attached hydrogen (secondary N) is 2. The molecule has 4 N–H and O–H groups in total. The Morgan fingerprint density at radius 3 is 2.53 bits per heavy atom. The maximum Gasteiger partial charge on any atom is 0.317 e. The number of rotatable bonds is 9. The number of nitrogens with two attached hydrogens (primary N) is 1. The summed E-state index contributed by atoms with van der Waals surface area (Å²) < 4.78 is 0. The van der Waals surface area contributed by atoms with Gasteiger partial charge in [-0.2, -0.15) is 0 Å². The highest BCUT2D eigenvalue weighted by atomic mass is 35.5. The number of hydrogen-bond acceptors (Lipinski definition) is 4. The van der Waals surface area contributed by atoms with Crippen LogP contribution in [0.5, 0.6) is 0 Å². The molecular formula is C24H38ClN5O2. The molecule has 1 aliphatic carbocycles. The maximum absolute atomic E-state index is 13.3. The first kappa shape index (κ1) is 24.8. The Bertz CT molecular complexity index is 738. The summed E-state index contributed by atoms with van der Waals surface area (Å²) in [5, 5.41) is 6.92. The molecule has 0 radical (unpaired) electrons. The van der Waals surface area contributed by atoms with E-state index in [0.717, 1.165) is 44.1 Å². The van der Waals surface area contributed by atoms with Crippen molar-refractivity contribution in [3.05, 3.63) is 34.9 Å². The topological polar surface area (TPSA) is 90.7 Å².